The summed E-state index contributed by atoms with van der Waals surface area (Å²) in [6.45, 7) is 4.00. The average molecular weight is 235 g/mol. The SMILES string of the molecule is CCN(C)C(=O)CCCOCc1ccccc1. The van der Waals surface area contributed by atoms with Gasteiger partial charge in [0.1, 0.15) is 0 Å². The van der Waals surface area contributed by atoms with E-state index in [1.165, 1.54) is 5.56 Å². The van der Waals surface area contributed by atoms with E-state index in [-0.39, 0.29) is 5.91 Å². The van der Waals surface area contributed by atoms with Gasteiger partial charge in [-0.3, -0.25) is 4.79 Å². The van der Waals surface area contributed by atoms with Gasteiger partial charge in [-0.1, -0.05) is 30.3 Å². The molecule has 0 saturated carbocycles. The van der Waals surface area contributed by atoms with Gasteiger partial charge in [0.2, 0.25) is 5.91 Å². The minimum absolute atomic E-state index is 0.191. The Labute approximate surface area is 103 Å². The van der Waals surface area contributed by atoms with Crippen LogP contribution in [-0.2, 0) is 16.1 Å². The Hall–Kier alpha value is -1.35. The molecule has 0 N–H and O–H groups in total. The molecule has 0 atom stereocenters. The highest BCUT2D eigenvalue weighted by atomic mass is 16.5. The molecule has 94 valence electrons. The van der Waals surface area contributed by atoms with Crippen LogP contribution in [0.1, 0.15) is 25.3 Å². The summed E-state index contributed by atoms with van der Waals surface area (Å²) in [7, 11) is 1.83. The zero-order chi connectivity index (χ0) is 12.5. The molecule has 0 saturated heterocycles. The van der Waals surface area contributed by atoms with Crippen LogP contribution in [0.2, 0.25) is 0 Å². The predicted octanol–water partition coefficient (Wildman–Crippen LogP) is 2.46. The van der Waals surface area contributed by atoms with Crippen molar-refractivity contribution in [1.82, 2.24) is 4.90 Å². The van der Waals surface area contributed by atoms with Gasteiger partial charge in [0.05, 0.1) is 6.61 Å². The first-order valence-electron chi connectivity index (χ1n) is 6.09. The van der Waals surface area contributed by atoms with Crippen molar-refractivity contribution in [3.63, 3.8) is 0 Å². The topological polar surface area (TPSA) is 29.5 Å². The molecule has 1 amide bonds. The van der Waals surface area contributed by atoms with E-state index in [1.54, 1.807) is 4.90 Å². The van der Waals surface area contributed by atoms with E-state index >= 15 is 0 Å². The molecule has 0 radical (unpaired) electrons. The molecule has 0 aliphatic heterocycles. The quantitative estimate of drug-likeness (QED) is 0.679. The van der Waals surface area contributed by atoms with Crippen molar-refractivity contribution in [2.75, 3.05) is 20.2 Å². The second-order valence-corrected chi connectivity index (χ2v) is 4.05. The largest absolute Gasteiger partial charge is 0.377 e. The van der Waals surface area contributed by atoms with Crippen LogP contribution < -0.4 is 0 Å². The summed E-state index contributed by atoms with van der Waals surface area (Å²) in [4.78, 5) is 13.2. The van der Waals surface area contributed by atoms with Crippen molar-refractivity contribution in [3.8, 4) is 0 Å². The molecule has 0 fully saturated rings. The minimum atomic E-state index is 0.191. The van der Waals surface area contributed by atoms with Gasteiger partial charge in [-0.15, -0.1) is 0 Å². The molecule has 3 nitrogen and oxygen atoms in total. The zero-order valence-corrected chi connectivity index (χ0v) is 10.7. The van der Waals surface area contributed by atoms with E-state index in [0.29, 0.717) is 19.6 Å². The molecule has 0 aromatic heterocycles. The lowest BCUT2D eigenvalue weighted by Crippen LogP contribution is -2.26. The summed E-state index contributed by atoms with van der Waals surface area (Å²) in [5.41, 5.74) is 1.17. The van der Waals surface area contributed by atoms with Crippen molar-refractivity contribution < 1.29 is 9.53 Å². The average Bonchev–Trinajstić information content (AvgIpc) is 2.38. The first-order chi connectivity index (χ1) is 8.24. The van der Waals surface area contributed by atoms with Gasteiger partial charge in [-0.2, -0.15) is 0 Å². The third-order valence-corrected chi connectivity index (χ3v) is 2.69. The van der Waals surface area contributed by atoms with Crippen molar-refractivity contribution in [2.45, 2.75) is 26.4 Å². The summed E-state index contributed by atoms with van der Waals surface area (Å²) in [5, 5.41) is 0. The first kappa shape index (κ1) is 13.7. The highest BCUT2D eigenvalue weighted by Crippen LogP contribution is 2.02. The van der Waals surface area contributed by atoms with Crippen molar-refractivity contribution in [3.05, 3.63) is 35.9 Å². The third kappa shape index (κ3) is 5.50. The molecule has 0 bridgehead atoms. The molecule has 17 heavy (non-hydrogen) atoms. The Bertz CT molecular complexity index is 324. The zero-order valence-electron chi connectivity index (χ0n) is 10.7. The predicted molar refractivity (Wildman–Crippen MR) is 68.6 cm³/mol. The van der Waals surface area contributed by atoms with Gasteiger partial charge in [-0.25, -0.2) is 0 Å². The van der Waals surface area contributed by atoms with Crippen LogP contribution in [0.5, 0.6) is 0 Å². The highest BCUT2D eigenvalue weighted by Gasteiger charge is 2.05. The molecule has 1 rings (SSSR count). The lowest BCUT2D eigenvalue weighted by atomic mass is 10.2. The van der Waals surface area contributed by atoms with Gasteiger partial charge >= 0.3 is 0 Å². The molecule has 1 aromatic carbocycles. The van der Waals surface area contributed by atoms with E-state index in [1.807, 2.05) is 44.3 Å². The van der Waals surface area contributed by atoms with E-state index in [9.17, 15) is 4.79 Å². The molecule has 0 aliphatic carbocycles. The van der Waals surface area contributed by atoms with Crippen LogP contribution in [-0.4, -0.2) is 31.0 Å². The van der Waals surface area contributed by atoms with Crippen LogP contribution in [0.4, 0.5) is 0 Å². The smallest absolute Gasteiger partial charge is 0.222 e. The Balaban J connectivity index is 2.07. The Morgan fingerprint density at radius 1 is 1.29 bits per heavy atom. The number of nitrogens with zero attached hydrogens (tertiary/aromatic N) is 1. The lowest BCUT2D eigenvalue weighted by molar-refractivity contribution is -0.130. The normalized spacial score (nSPS) is 10.2. The Kier molecular flexibility index (Phi) is 6.33. The molecule has 0 spiro atoms. The summed E-state index contributed by atoms with van der Waals surface area (Å²) in [6.07, 6.45) is 1.36. The maximum atomic E-state index is 11.5. The van der Waals surface area contributed by atoms with Crippen molar-refractivity contribution in [1.29, 1.82) is 0 Å². The molecular formula is C14H21NO2. The summed E-state index contributed by atoms with van der Waals surface area (Å²) in [6, 6.07) is 10.1. The Morgan fingerprint density at radius 3 is 2.65 bits per heavy atom. The molecule has 3 heteroatoms. The fraction of sp³-hybridized carbons (Fsp3) is 0.500. The number of hydrogen-bond acceptors (Lipinski definition) is 2. The number of ether oxygens (including phenoxy) is 1. The standard InChI is InChI=1S/C14H21NO2/c1-3-15(2)14(16)10-7-11-17-12-13-8-5-4-6-9-13/h4-6,8-9H,3,7,10-12H2,1-2H3. The fourth-order valence-electron chi connectivity index (χ4n) is 1.46. The van der Waals surface area contributed by atoms with Gasteiger partial charge in [0.15, 0.2) is 0 Å². The van der Waals surface area contributed by atoms with E-state index in [2.05, 4.69) is 0 Å². The van der Waals surface area contributed by atoms with Crippen LogP contribution >= 0.6 is 0 Å². The number of carbonyl (C=O) groups excluding carboxylic acids is 1. The first-order valence-corrected chi connectivity index (χ1v) is 6.09. The third-order valence-electron chi connectivity index (χ3n) is 2.69. The van der Waals surface area contributed by atoms with Crippen LogP contribution in [0.3, 0.4) is 0 Å². The molecule has 1 aromatic rings. The summed E-state index contributed by atoms with van der Waals surface area (Å²) >= 11 is 0. The van der Waals surface area contributed by atoms with Gasteiger partial charge in [0, 0.05) is 26.6 Å². The number of amides is 1. The van der Waals surface area contributed by atoms with Gasteiger partial charge in [-0.05, 0) is 18.9 Å². The lowest BCUT2D eigenvalue weighted by Gasteiger charge is -2.14. The minimum Gasteiger partial charge on any atom is -0.377 e. The van der Waals surface area contributed by atoms with Gasteiger partial charge < -0.3 is 9.64 Å². The summed E-state index contributed by atoms with van der Waals surface area (Å²) < 4.78 is 5.51. The monoisotopic (exact) mass is 235 g/mol. The number of rotatable bonds is 7. The van der Waals surface area contributed by atoms with Crippen molar-refractivity contribution in [2.24, 2.45) is 0 Å². The van der Waals surface area contributed by atoms with Crippen LogP contribution in [0, 0.1) is 0 Å². The molecule has 0 unspecified atom stereocenters. The van der Waals surface area contributed by atoms with E-state index in [4.69, 9.17) is 4.74 Å². The highest BCUT2D eigenvalue weighted by molar-refractivity contribution is 5.75. The Morgan fingerprint density at radius 2 is 2.00 bits per heavy atom. The number of benzene rings is 1. The second-order valence-electron chi connectivity index (χ2n) is 4.05. The molecule has 0 aliphatic rings. The van der Waals surface area contributed by atoms with Gasteiger partial charge in [0.25, 0.3) is 0 Å². The van der Waals surface area contributed by atoms with E-state index < -0.39 is 0 Å². The number of hydrogen-bond donors (Lipinski definition) is 0. The maximum Gasteiger partial charge on any atom is 0.222 e. The van der Waals surface area contributed by atoms with Crippen LogP contribution in [0.15, 0.2) is 30.3 Å². The fourth-order valence-corrected chi connectivity index (χ4v) is 1.46. The van der Waals surface area contributed by atoms with Crippen LogP contribution in [0.25, 0.3) is 0 Å². The van der Waals surface area contributed by atoms with Crippen molar-refractivity contribution >= 4 is 5.91 Å². The number of carbonyl (C=O) groups is 1. The molecular weight excluding hydrogens is 214 g/mol. The maximum absolute atomic E-state index is 11.5. The van der Waals surface area contributed by atoms with E-state index in [0.717, 1.165) is 13.0 Å². The second kappa shape index (κ2) is 7.85. The summed E-state index contributed by atoms with van der Waals surface area (Å²) in [5.74, 6) is 0.191. The molecule has 0 heterocycles.